The lowest BCUT2D eigenvalue weighted by Crippen LogP contribution is -1.95. The van der Waals surface area contributed by atoms with Crippen molar-refractivity contribution in [3.63, 3.8) is 0 Å². The molecule has 2 aromatic rings. The van der Waals surface area contributed by atoms with Crippen molar-refractivity contribution in [3.05, 3.63) is 30.2 Å². The second-order valence-electron chi connectivity index (χ2n) is 3.85. The van der Waals surface area contributed by atoms with Gasteiger partial charge in [0, 0.05) is 12.5 Å². The topological polar surface area (TPSA) is 48.2 Å². The normalized spacial score (nSPS) is 10.5. The number of rotatable bonds is 5. The maximum Gasteiger partial charge on any atom is 0.247 e. The van der Waals surface area contributed by atoms with E-state index in [2.05, 4.69) is 17.1 Å². The minimum absolute atomic E-state index is 0.544. The van der Waals surface area contributed by atoms with Gasteiger partial charge in [0.05, 0.1) is 6.61 Å². The molecule has 1 aromatic carbocycles. The molecule has 1 heterocycles. The van der Waals surface area contributed by atoms with Gasteiger partial charge in [-0.15, -0.1) is 10.2 Å². The summed E-state index contributed by atoms with van der Waals surface area (Å²) in [5.74, 6) is 1.99. The highest BCUT2D eigenvalue weighted by Crippen LogP contribution is 2.21. The summed E-state index contributed by atoms with van der Waals surface area (Å²) in [6.07, 6.45) is 2.21. The van der Waals surface area contributed by atoms with Gasteiger partial charge in [0.2, 0.25) is 11.8 Å². The lowest BCUT2D eigenvalue weighted by Gasteiger charge is -2.04. The number of aromatic nitrogens is 2. The van der Waals surface area contributed by atoms with Crippen molar-refractivity contribution in [2.45, 2.75) is 26.7 Å². The van der Waals surface area contributed by atoms with E-state index < -0.39 is 0 Å². The largest absolute Gasteiger partial charge is 0.494 e. The SMILES string of the molecule is CCCCOc1ccc(-c2nnc(C)o2)cc1. The minimum Gasteiger partial charge on any atom is -0.494 e. The van der Waals surface area contributed by atoms with Crippen LogP contribution in [-0.4, -0.2) is 16.8 Å². The summed E-state index contributed by atoms with van der Waals surface area (Å²) in [5.41, 5.74) is 0.911. The average Bonchev–Trinajstić information content (AvgIpc) is 2.77. The van der Waals surface area contributed by atoms with Crippen LogP contribution in [0, 0.1) is 6.92 Å². The average molecular weight is 232 g/mol. The standard InChI is InChI=1S/C13H16N2O2/c1-3-4-9-16-12-7-5-11(6-8-12)13-15-14-10(2)17-13/h5-8H,3-4,9H2,1-2H3. The van der Waals surface area contributed by atoms with Crippen LogP contribution < -0.4 is 4.74 Å². The Morgan fingerprint density at radius 1 is 1.18 bits per heavy atom. The smallest absolute Gasteiger partial charge is 0.247 e. The van der Waals surface area contributed by atoms with E-state index in [1.54, 1.807) is 6.92 Å². The monoisotopic (exact) mass is 232 g/mol. The summed E-state index contributed by atoms with van der Waals surface area (Å²) in [7, 11) is 0. The molecular weight excluding hydrogens is 216 g/mol. The molecule has 0 saturated heterocycles. The molecule has 4 heteroatoms. The van der Waals surface area contributed by atoms with Gasteiger partial charge in [-0.3, -0.25) is 0 Å². The van der Waals surface area contributed by atoms with E-state index >= 15 is 0 Å². The molecule has 0 aliphatic rings. The maximum atomic E-state index is 5.58. The Balaban J connectivity index is 2.02. The van der Waals surface area contributed by atoms with E-state index in [9.17, 15) is 0 Å². The molecule has 0 amide bonds. The number of hydrogen-bond acceptors (Lipinski definition) is 4. The number of benzene rings is 1. The molecule has 0 saturated carbocycles. The Hall–Kier alpha value is -1.84. The van der Waals surface area contributed by atoms with Gasteiger partial charge in [-0.05, 0) is 30.7 Å². The quantitative estimate of drug-likeness (QED) is 0.742. The minimum atomic E-state index is 0.544. The third-order valence-electron chi connectivity index (χ3n) is 2.39. The van der Waals surface area contributed by atoms with Gasteiger partial charge in [0.15, 0.2) is 0 Å². The van der Waals surface area contributed by atoms with Crippen LogP contribution in [0.15, 0.2) is 28.7 Å². The Kier molecular flexibility index (Phi) is 3.75. The first-order valence-corrected chi connectivity index (χ1v) is 5.83. The zero-order valence-corrected chi connectivity index (χ0v) is 10.1. The highest BCUT2D eigenvalue weighted by Gasteiger charge is 2.05. The van der Waals surface area contributed by atoms with E-state index in [1.165, 1.54) is 0 Å². The van der Waals surface area contributed by atoms with Crippen LogP contribution >= 0.6 is 0 Å². The van der Waals surface area contributed by atoms with Crippen LogP contribution in [0.4, 0.5) is 0 Å². The van der Waals surface area contributed by atoms with Crippen molar-refractivity contribution >= 4 is 0 Å². The van der Waals surface area contributed by atoms with Crippen LogP contribution in [0.25, 0.3) is 11.5 Å². The van der Waals surface area contributed by atoms with Crippen LogP contribution in [-0.2, 0) is 0 Å². The van der Waals surface area contributed by atoms with Crippen LogP contribution in [0.2, 0.25) is 0 Å². The Morgan fingerprint density at radius 2 is 1.94 bits per heavy atom. The molecule has 0 bridgehead atoms. The number of unbranched alkanes of at least 4 members (excludes halogenated alkanes) is 1. The van der Waals surface area contributed by atoms with Crippen LogP contribution in [0.5, 0.6) is 5.75 Å². The molecular formula is C13H16N2O2. The molecule has 2 rings (SSSR count). The van der Waals surface area contributed by atoms with E-state index in [0.29, 0.717) is 11.8 Å². The lowest BCUT2D eigenvalue weighted by molar-refractivity contribution is 0.309. The van der Waals surface area contributed by atoms with Crippen molar-refractivity contribution in [2.24, 2.45) is 0 Å². The molecule has 0 atom stereocenters. The molecule has 0 spiro atoms. The summed E-state index contributed by atoms with van der Waals surface area (Å²) < 4.78 is 10.9. The van der Waals surface area contributed by atoms with Crippen molar-refractivity contribution in [2.75, 3.05) is 6.61 Å². The molecule has 17 heavy (non-hydrogen) atoms. The first kappa shape index (κ1) is 11.6. The Labute approximate surface area is 101 Å². The third-order valence-corrected chi connectivity index (χ3v) is 2.39. The van der Waals surface area contributed by atoms with Crippen molar-refractivity contribution < 1.29 is 9.15 Å². The summed E-state index contributed by atoms with van der Waals surface area (Å²) in [4.78, 5) is 0. The number of ether oxygens (including phenoxy) is 1. The number of aryl methyl sites for hydroxylation is 1. The summed E-state index contributed by atoms with van der Waals surface area (Å²) in [6, 6.07) is 7.69. The molecule has 4 nitrogen and oxygen atoms in total. The lowest BCUT2D eigenvalue weighted by atomic mass is 10.2. The molecule has 0 radical (unpaired) electrons. The fourth-order valence-electron chi connectivity index (χ4n) is 1.44. The zero-order chi connectivity index (χ0) is 12.1. The van der Waals surface area contributed by atoms with Gasteiger partial charge in [0.25, 0.3) is 0 Å². The highest BCUT2D eigenvalue weighted by atomic mass is 16.5. The van der Waals surface area contributed by atoms with Crippen LogP contribution in [0.1, 0.15) is 25.7 Å². The highest BCUT2D eigenvalue weighted by molar-refractivity contribution is 5.53. The van der Waals surface area contributed by atoms with E-state index in [1.807, 2.05) is 24.3 Å². The Morgan fingerprint density at radius 3 is 2.53 bits per heavy atom. The molecule has 0 aliphatic heterocycles. The predicted molar refractivity (Wildman–Crippen MR) is 64.9 cm³/mol. The van der Waals surface area contributed by atoms with Crippen molar-refractivity contribution in [1.82, 2.24) is 10.2 Å². The first-order chi connectivity index (χ1) is 8.29. The van der Waals surface area contributed by atoms with Gasteiger partial charge in [-0.25, -0.2) is 0 Å². The number of nitrogens with zero attached hydrogens (tertiary/aromatic N) is 2. The van der Waals surface area contributed by atoms with E-state index in [4.69, 9.17) is 9.15 Å². The second-order valence-corrected chi connectivity index (χ2v) is 3.85. The summed E-state index contributed by atoms with van der Waals surface area (Å²) in [5, 5.41) is 7.76. The molecule has 0 fully saturated rings. The number of hydrogen-bond donors (Lipinski definition) is 0. The van der Waals surface area contributed by atoms with Crippen molar-refractivity contribution in [1.29, 1.82) is 0 Å². The van der Waals surface area contributed by atoms with E-state index in [0.717, 1.165) is 30.8 Å². The first-order valence-electron chi connectivity index (χ1n) is 5.83. The molecule has 0 unspecified atom stereocenters. The fraction of sp³-hybridized carbons (Fsp3) is 0.385. The zero-order valence-electron chi connectivity index (χ0n) is 10.1. The van der Waals surface area contributed by atoms with Gasteiger partial charge in [-0.1, -0.05) is 13.3 Å². The van der Waals surface area contributed by atoms with Gasteiger partial charge in [0.1, 0.15) is 5.75 Å². The predicted octanol–water partition coefficient (Wildman–Crippen LogP) is 3.22. The maximum absolute atomic E-state index is 5.58. The second kappa shape index (κ2) is 5.48. The fourth-order valence-corrected chi connectivity index (χ4v) is 1.44. The van der Waals surface area contributed by atoms with Crippen LogP contribution in [0.3, 0.4) is 0 Å². The van der Waals surface area contributed by atoms with Gasteiger partial charge < -0.3 is 9.15 Å². The van der Waals surface area contributed by atoms with Gasteiger partial charge in [-0.2, -0.15) is 0 Å². The summed E-state index contributed by atoms with van der Waals surface area (Å²) >= 11 is 0. The van der Waals surface area contributed by atoms with Crippen molar-refractivity contribution in [3.8, 4) is 17.2 Å². The third kappa shape index (κ3) is 3.06. The summed E-state index contributed by atoms with van der Waals surface area (Å²) in [6.45, 7) is 4.68. The van der Waals surface area contributed by atoms with E-state index in [-0.39, 0.29) is 0 Å². The molecule has 0 aliphatic carbocycles. The van der Waals surface area contributed by atoms with Gasteiger partial charge >= 0.3 is 0 Å². The molecule has 90 valence electrons. The molecule has 0 N–H and O–H groups in total. The molecule has 1 aromatic heterocycles. The Bertz CT molecular complexity index is 463.